The minimum Gasteiger partial charge on any atom is -0.339 e. The first kappa shape index (κ1) is 22.0. The highest BCUT2D eigenvalue weighted by molar-refractivity contribution is 7.99. The van der Waals surface area contributed by atoms with Gasteiger partial charge in [0, 0.05) is 30.9 Å². The van der Waals surface area contributed by atoms with E-state index in [1.54, 1.807) is 40.5 Å². The smallest absolute Gasteiger partial charge is 0.253 e. The molecular weight excluding hydrogens is 418 g/mol. The van der Waals surface area contributed by atoms with Crippen molar-refractivity contribution in [1.82, 2.24) is 19.7 Å². The molecule has 0 saturated carbocycles. The third-order valence-corrected chi connectivity index (χ3v) is 6.38. The maximum atomic E-state index is 12.5. The molecule has 9 heteroatoms. The van der Waals surface area contributed by atoms with Crippen molar-refractivity contribution in [2.75, 3.05) is 24.2 Å². The van der Waals surface area contributed by atoms with Crippen molar-refractivity contribution >= 4 is 40.6 Å². The number of carbonyl (C=O) groups excluding carboxylic acids is 2. The second-order valence-corrected chi connectivity index (χ2v) is 8.31. The summed E-state index contributed by atoms with van der Waals surface area (Å²) in [5.74, 6) is 0.827. The summed E-state index contributed by atoms with van der Waals surface area (Å²) in [6, 6.07) is 11.0. The quantitative estimate of drug-likeness (QED) is 0.501. The van der Waals surface area contributed by atoms with E-state index in [2.05, 4.69) is 15.5 Å². The van der Waals surface area contributed by atoms with Crippen LogP contribution >= 0.6 is 23.1 Å². The van der Waals surface area contributed by atoms with Gasteiger partial charge in [-0.05, 0) is 50.4 Å². The second kappa shape index (κ2) is 10.4. The first-order chi connectivity index (χ1) is 14.6. The van der Waals surface area contributed by atoms with Crippen molar-refractivity contribution in [1.29, 1.82) is 0 Å². The number of benzene rings is 1. The molecule has 0 atom stereocenters. The van der Waals surface area contributed by atoms with E-state index >= 15 is 0 Å². The molecule has 2 heterocycles. The average molecular weight is 444 g/mol. The Morgan fingerprint density at radius 2 is 1.93 bits per heavy atom. The Balaban J connectivity index is 1.63. The van der Waals surface area contributed by atoms with E-state index < -0.39 is 0 Å². The zero-order valence-corrected chi connectivity index (χ0v) is 18.9. The number of anilines is 1. The average Bonchev–Trinajstić information content (AvgIpc) is 3.42. The molecule has 2 aromatic heterocycles. The van der Waals surface area contributed by atoms with Crippen LogP contribution in [0.1, 0.15) is 31.1 Å². The fourth-order valence-electron chi connectivity index (χ4n) is 3.02. The van der Waals surface area contributed by atoms with Gasteiger partial charge >= 0.3 is 0 Å². The van der Waals surface area contributed by atoms with Crippen LogP contribution < -0.4 is 5.32 Å². The lowest BCUT2D eigenvalue weighted by atomic mass is 10.1. The standard InChI is InChI=1S/C21H25N5O2S2/c1-4-25(5-2)20(28)15-9-7-10-16(13-15)22-18(27)14-30-21-24-23-19(26(21)6-3)17-11-8-12-29-17/h7-13H,4-6,14H2,1-3H3,(H,22,27). The van der Waals surface area contributed by atoms with E-state index in [1.807, 2.05) is 42.9 Å². The first-order valence-electron chi connectivity index (χ1n) is 9.86. The molecule has 0 spiro atoms. The zero-order chi connectivity index (χ0) is 21.5. The molecule has 7 nitrogen and oxygen atoms in total. The molecule has 0 saturated heterocycles. The monoisotopic (exact) mass is 443 g/mol. The Morgan fingerprint density at radius 1 is 1.13 bits per heavy atom. The van der Waals surface area contributed by atoms with E-state index in [4.69, 9.17) is 0 Å². The van der Waals surface area contributed by atoms with Gasteiger partial charge in [-0.2, -0.15) is 0 Å². The number of carbonyl (C=O) groups is 2. The number of aromatic nitrogens is 3. The summed E-state index contributed by atoms with van der Waals surface area (Å²) in [7, 11) is 0. The number of amides is 2. The lowest BCUT2D eigenvalue weighted by Gasteiger charge is -2.19. The van der Waals surface area contributed by atoms with Crippen LogP contribution in [0, 0.1) is 0 Å². The van der Waals surface area contributed by atoms with Gasteiger partial charge < -0.3 is 14.8 Å². The van der Waals surface area contributed by atoms with Gasteiger partial charge in [0.15, 0.2) is 11.0 Å². The summed E-state index contributed by atoms with van der Waals surface area (Å²) >= 11 is 2.96. The number of hydrogen-bond acceptors (Lipinski definition) is 6. The molecule has 3 aromatic rings. The zero-order valence-electron chi connectivity index (χ0n) is 17.3. The minimum atomic E-state index is -0.157. The molecule has 0 fully saturated rings. The minimum absolute atomic E-state index is 0.0392. The van der Waals surface area contributed by atoms with Crippen molar-refractivity contribution in [3.8, 4) is 10.7 Å². The molecule has 0 aliphatic carbocycles. The lowest BCUT2D eigenvalue weighted by molar-refractivity contribution is -0.113. The van der Waals surface area contributed by atoms with E-state index in [-0.39, 0.29) is 17.6 Å². The van der Waals surface area contributed by atoms with Crippen LogP contribution in [0.15, 0.2) is 46.9 Å². The summed E-state index contributed by atoms with van der Waals surface area (Å²) in [5.41, 5.74) is 1.17. The maximum absolute atomic E-state index is 12.5. The van der Waals surface area contributed by atoms with E-state index in [0.29, 0.717) is 29.5 Å². The fourth-order valence-corrected chi connectivity index (χ4v) is 4.54. The molecule has 158 valence electrons. The number of nitrogens with zero attached hydrogens (tertiary/aromatic N) is 4. The number of nitrogens with one attached hydrogen (secondary N) is 1. The third kappa shape index (κ3) is 5.09. The van der Waals surface area contributed by atoms with Crippen LogP contribution in [0.25, 0.3) is 10.7 Å². The SMILES string of the molecule is CCN(CC)C(=O)c1cccc(NC(=O)CSc2nnc(-c3cccs3)n2CC)c1. The predicted octanol–water partition coefficient (Wildman–Crippen LogP) is 4.24. The van der Waals surface area contributed by atoms with Crippen LogP contribution in [0.4, 0.5) is 5.69 Å². The fraction of sp³-hybridized carbons (Fsp3) is 0.333. The van der Waals surface area contributed by atoms with E-state index in [9.17, 15) is 9.59 Å². The Hall–Kier alpha value is -2.65. The Labute approximate surface area is 184 Å². The number of thiophene rings is 1. The summed E-state index contributed by atoms with van der Waals surface area (Å²) in [4.78, 5) is 27.8. The van der Waals surface area contributed by atoms with Gasteiger partial charge in [-0.25, -0.2) is 0 Å². The van der Waals surface area contributed by atoms with Crippen LogP contribution in [-0.4, -0.2) is 50.3 Å². The van der Waals surface area contributed by atoms with Crippen LogP contribution in [0.3, 0.4) is 0 Å². The number of rotatable bonds is 9. The second-order valence-electron chi connectivity index (χ2n) is 6.42. The molecule has 0 aliphatic rings. The van der Waals surface area contributed by atoms with Crippen molar-refractivity contribution in [3.05, 3.63) is 47.3 Å². The van der Waals surface area contributed by atoms with Gasteiger partial charge in [-0.1, -0.05) is 23.9 Å². The third-order valence-electron chi connectivity index (χ3n) is 4.55. The van der Waals surface area contributed by atoms with E-state index in [1.165, 1.54) is 11.8 Å². The summed E-state index contributed by atoms with van der Waals surface area (Å²) in [6.45, 7) is 7.94. The first-order valence-corrected chi connectivity index (χ1v) is 11.7. The van der Waals surface area contributed by atoms with E-state index in [0.717, 1.165) is 17.2 Å². The van der Waals surface area contributed by atoms with Crippen molar-refractivity contribution in [3.63, 3.8) is 0 Å². The number of hydrogen-bond donors (Lipinski definition) is 1. The lowest BCUT2D eigenvalue weighted by Crippen LogP contribution is -2.30. The van der Waals surface area contributed by atoms with Crippen LogP contribution in [0.2, 0.25) is 0 Å². The van der Waals surface area contributed by atoms with Crippen molar-refractivity contribution < 1.29 is 9.59 Å². The van der Waals surface area contributed by atoms with Gasteiger partial charge in [0.1, 0.15) is 0 Å². The Bertz CT molecular complexity index is 997. The summed E-state index contributed by atoms with van der Waals surface area (Å²) in [5, 5.41) is 14.1. The predicted molar refractivity (Wildman–Crippen MR) is 122 cm³/mol. The molecular formula is C21H25N5O2S2. The van der Waals surface area contributed by atoms with Gasteiger partial charge in [-0.3, -0.25) is 9.59 Å². The largest absolute Gasteiger partial charge is 0.339 e. The summed E-state index contributed by atoms with van der Waals surface area (Å²) in [6.07, 6.45) is 0. The maximum Gasteiger partial charge on any atom is 0.253 e. The highest BCUT2D eigenvalue weighted by Crippen LogP contribution is 2.27. The molecule has 1 aromatic carbocycles. The number of thioether (sulfide) groups is 1. The molecule has 0 bridgehead atoms. The van der Waals surface area contributed by atoms with Crippen molar-refractivity contribution in [2.24, 2.45) is 0 Å². The summed E-state index contributed by atoms with van der Waals surface area (Å²) < 4.78 is 2.01. The molecule has 0 aliphatic heterocycles. The molecule has 3 rings (SSSR count). The molecule has 2 amide bonds. The molecule has 0 radical (unpaired) electrons. The van der Waals surface area contributed by atoms with Crippen LogP contribution in [0.5, 0.6) is 0 Å². The van der Waals surface area contributed by atoms with Gasteiger partial charge in [0.25, 0.3) is 5.91 Å². The Kier molecular flexibility index (Phi) is 7.64. The highest BCUT2D eigenvalue weighted by atomic mass is 32.2. The van der Waals surface area contributed by atoms with Crippen LogP contribution in [-0.2, 0) is 11.3 Å². The highest BCUT2D eigenvalue weighted by Gasteiger charge is 2.16. The van der Waals surface area contributed by atoms with Crippen molar-refractivity contribution in [2.45, 2.75) is 32.5 Å². The van der Waals surface area contributed by atoms with Gasteiger partial charge in [0.05, 0.1) is 10.6 Å². The molecule has 1 N–H and O–H groups in total. The normalized spacial score (nSPS) is 10.8. The Morgan fingerprint density at radius 3 is 2.60 bits per heavy atom. The molecule has 30 heavy (non-hydrogen) atoms. The van der Waals surface area contributed by atoms with Gasteiger partial charge in [-0.15, -0.1) is 21.5 Å². The topological polar surface area (TPSA) is 80.1 Å². The molecule has 0 unspecified atom stereocenters. The van der Waals surface area contributed by atoms with Gasteiger partial charge in [0.2, 0.25) is 5.91 Å².